The van der Waals surface area contributed by atoms with Crippen LogP contribution in [0.1, 0.15) is 6.42 Å². The number of rotatable bonds is 9. The Hall–Kier alpha value is -3.32. The molecular weight excluding hydrogens is 406 g/mol. The van der Waals surface area contributed by atoms with Crippen molar-refractivity contribution in [1.82, 2.24) is 15.1 Å². The largest absolute Gasteiger partial charge is 0.497 e. The van der Waals surface area contributed by atoms with E-state index in [0.717, 1.165) is 11.3 Å². The van der Waals surface area contributed by atoms with E-state index in [4.69, 9.17) is 21.1 Å². The van der Waals surface area contributed by atoms with Crippen LogP contribution in [0.4, 0.5) is 0 Å². The van der Waals surface area contributed by atoms with Crippen LogP contribution in [0, 0.1) is 0 Å². The highest BCUT2D eigenvalue weighted by atomic mass is 35.5. The fraction of sp³-hybridized carbons (Fsp3) is 0.227. The highest BCUT2D eigenvalue weighted by Gasteiger charge is 2.06. The van der Waals surface area contributed by atoms with Gasteiger partial charge in [0.2, 0.25) is 0 Å². The monoisotopic (exact) mass is 427 g/mol. The van der Waals surface area contributed by atoms with E-state index < -0.39 is 0 Å². The summed E-state index contributed by atoms with van der Waals surface area (Å²) in [7, 11) is 1.61. The quantitative estimate of drug-likeness (QED) is 0.530. The molecule has 0 aliphatic heterocycles. The molecule has 1 N–H and O–H groups in total. The zero-order valence-corrected chi connectivity index (χ0v) is 17.3. The van der Waals surface area contributed by atoms with Gasteiger partial charge >= 0.3 is 0 Å². The Morgan fingerprint density at radius 1 is 1.03 bits per heavy atom. The van der Waals surface area contributed by atoms with Gasteiger partial charge in [-0.2, -0.15) is 5.10 Å². The number of methoxy groups -OCH3 is 1. The van der Waals surface area contributed by atoms with Crippen molar-refractivity contribution in [1.29, 1.82) is 0 Å². The number of benzene rings is 2. The van der Waals surface area contributed by atoms with Crippen LogP contribution in [0.2, 0.25) is 5.02 Å². The van der Waals surface area contributed by atoms with Crippen LogP contribution in [-0.4, -0.2) is 35.9 Å². The van der Waals surface area contributed by atoms with E-state index >= 15 is 0 Å². The summed E-state index contributed by atoms with van der Waals surface area (Å²) in [5.74, 6) is 1.08. The fourth-order valence-electron chi connectivity index (χ4n) is 2.71. The number of nitrogens with one attached hydrogen (secondary N) is 1. The molecule has 8 heteroatoms. The molecule has 3 aromatic rings. The number of ether oxygens (including phenoxy) is 2. The van der Waals surface area contributed by atoms with Crippen LogP contribution in [0.25, 0.3) is 11.3 Å². The van der Waals surface area contributed by atoms with Gasteiger partial charge in [0.1, 0.15) is 11.5 Å². The maximum atomic E-state index is 12.1. The molecule has 0 saturated carbocycles. The summed E-state index contributed by atoms with van der Waals surface area (Å²) in [4.78, 5) is 24.0. The standard InChI is InChI=1S/C22H22ClN3O4/c1-29-18-7-3-16(4-8-18)20-11-12-22(28)26(25-20)14-2-13-24-21(27)15-30-19-9-5-17(23)6-10-19/h3-12H,2,13-15H2,1H3,(H,24,27). The molecule has 0 bridgehead atoms. The van der Waals surface area contributed by atoms with Crippen molar-refractivity contribution in [3.05, 3.63) is 76.0 Å². The van der Waals surface area contributed by atoms with Crippen LogP contribution < -0.4 is 20.3 Å². The molecule has 1 heterocycles. The van der Waals surface area contributed by atoms with Crippen molar-refractivity contribution in [2.75, 3.05) is 20.3 Å². The van der Waals surface area contributed by atoms with Crippen LogP contribution in [0.3, 0.4) is 0 Å². The number of hydrogen-bond donors (Lipinski definition) is 1. The van der Waals surface area contributed by atoms with Crippen LogP contribution in [0.15, 0.2) is 65.5 Å². The average molecular weight is 428 g/mol. The maximum absolute atomic E-state index is 12.1. The smallest absolute Gasteiger partial charge is 0.266 e. The van der Waals surface area contributed by atoms with E-state index in [1.807, 2.05) is 24.3 Å². The van der Waals surface area contributed by atoms with E-state index in [-0.39, 0.29) is 18.1 Å². The minimum atomic E-state index is -0.239. The molecule has 3 rings (SSSR count). The van der Waals surface area contributed by atoms with Gasteiger partial charge in [-0.1, -0.05) is 11.6 Å². The number of carbonyl (C=O) groups is 1. The first-order chi connectivity index (χ1) is 14.5. The number of aromatic nitrogens is 2. The molecule has 0 aliphatic carbocycles. The highest BCUT2D eigenvalue weighted by molar-refractivity contribution is 6.30. The van der Waals surface area contributed by atoms with E-state index in [2.05, 4.69) is 10.4 Å². The second-order valence-electron chi connectivity index (χ2n) is 6.45. The van der Waals surface area contributed by atoms with Crippen molar-refractivity contribution in [2.24, 2.45) is 0 Å². The van der Waals surface area contributed by atoms with Gasteiger partial charge in [0.25, 0.3) is 11.5 Å². The first-order valence-electron chi connectivity index (χ1n) is 9.43. The molecule has 0 saturated heterocycles. The van der Waals surface area contributed by atoms with Crippen LogP contribution >= 0.6 is 11.6 Å². The van der Waals surface area contributed by atoms with Gasteiger partial charge in [0.05, 0.1) is 12.8 Å². The number of hydrogen-bond acceptors (Lipinski definition) is 5. The predicted octanol–water partition coefficient (Wildman–Crippen LogP) is 3.16. The van der Waals surface area contributed by atoms with Gasteiger partial charge in [-0.3, -0.25) is 9.59 Å². The summed E-state index contributed by atoms with van der Waals surface area (Å²) in [5.41, 5.74) is 1.39. The second kappa shape index (κ2) is 10.5. The number of amides is 1. The molecule has 1 aromatic heterocycles. The normalized spacial score (nSPS) is 10.5. The maximum Gasteiger partial charge on any atom is 0.266 e. The minimum absolute atomic E-state index is 0.0905. The number of halogens is 1. The van der Waals surface area contributed by atoms with Crippen molar-refractivity contribution in [3.8, 4) is 22.8 Å². The lowest BCUT2D eigenvalue weighted by Gasteiger charge is -2.09. The number of carbonyl (C=O) groups excluding carboxylic acids is 1. The lowest BCUT2D eigenvalue weighted by Crippen LogP contribution is -2.31. The van der Waals surface area contributed by atoms with Gasteiger partial charge in [-0.05, 0) is 61.0 Å². The third-order valence-corrected chi connectivity index (χ3v) is 4.56. The van der Waals surface area contributed by atoms with Crippen LogP contribution in [0.5, 0.6) is 11.5 Å². The molecular formula is C22H22ClN3O4. The zero-order chi connectivity index (χ0) is 21.3. The Balaban J connectivity index is 1.47. The molecule has 1 amide bonds. The second-order valence-corrected chi connectivity index (χ2v) is 6.89. The zero-order valence-electron chi connectivity index (χ0n) is 16.5. The predicted molar refractivity (Wildman–Crippen MR) is 115 cm³/mol. The molecule has 0 aliphatic rings. The van der Waals surface area contributed by atoms with Gasteiger partial charge < -0.3 is 14.8 Å². The summed E-state index contributed by atoms with van der Waals surface area (Å²) in [6, 6.07) is 17.4. The van der Waals surface area contributed by atoms with Gasteiger partial charge in [-0.15, -0.1) is 0 Å². The highest BCUT2D eigenvalue weighted by Crippen LogP contribution is 2.19. The Bertz CT molecular complexity index is 1030. The molecule has 0 unspecified atom stereocenters. The Kier molecular flexibility index (Phi) is 7.45. The third-order valence-electron chi connectivity index (χ3n) is 4.30. The van der Waals surface area contributed by atoms with Crippen molar-refractivity contribution < 1.29 is 14.3 Å². The summed E-state index contributed by atoms with van der Waals surface area (Å²) in [5, 5.41) is 7.78. The summed E-state index contributed by atoms with van der Waals surface area (Å²) in [6.07, 6.45) is 0.561. The molecule has 0 atom stereocenters. The molecule has 2 aromatic carbocycles. The average Bonchev–Trinajstić information content (AvgIpc) is 2.77. The molecule has 156 valence electrons. The van der Waals surface area contributed by atoms with Gasteiger partial charge in [-0.25, -0.2) is 4.68 Å². The van der Waals surface area contributed by atoms with Crippen LogP contribution in [-0.2, 0) is 11.3 Å². The van der Waals surface area contributed by atoms with Gasteiger partial charge in [0.15, 0.2) is 6.61 Å². The van der Waals surface area contributed by atoms with E-state index in [1.165, 1.54) is 10.7 Å². The van der Waals surface area contributed by atoms with E-state index in [9.17, 15) is 9.59 Å². The number of aryl methyl sites for hydroxylation is 1. The van der Waals surface area contributed by atoms with E-state index in [1.54, 1.807) is 37.4 Å². The molecule has 0 radical (unpaired) electrons. The first kappa shape index (κ1) is 21.4. The fourth-order valence-corrected chi connectivity index (χ4v) is 2.84. The minimum Gasteiger partial charge on any atom is -0.497 e. The Morgan fingerprint density at radius 3 is 2.43 bits per heavy atom. The summed E-state index contributed by atoms with van der Waals surface area (Å²) < 4.78 is 11.9. The van der Waals surface area contributed by atoms with Gasteiger partial charge in [0, 0.05) is 29.7 Å². The van der Waals surface area contributed by atoms with E-state index in [0.29, 0.717) is 36.0 Å². The molecule has 0 fully saturated rings. The lowest BCUT2D eigenvalue weighted by atomic mass is 10.1. The molecule has 0 spiro atoms. The van der Waals surface area contributed by atoms with Crippen molar-refractivity contribution >= 4 is 17.5 Å². The SMILES string of the molecule is COc1ccc(-c2ccc(=O)n(CCCNC(=O)COc3ccc(Cl)cc3)n2)cc1. The Labute approximate surface area is 179 Å². The van der Waals surface area contributed by atoms with Crippen molar-refractivity contribution in [2.45, 2.75) is 13.0 Å². The van der Waals surface area contributed by atoms with Crippen molar-refractivity contribution in [3.63, 3.8) is 0 Å². The molecule has 7 nitrogen and oxygen atoms in total. The lowest BCUT2D eigenvalue weighted by molar-refractivity contribution is -0.123. The first-order valence-corrected chi connectivity index (χ1v) is 9.80. The third kappa shape index (κ3) is 6.09. The summed E-state index contributed by atoms with van der Waals surface area (Å²) >= 11 is 5.81. The Morgan fingerprint density at radius 2 is 1.73 bits per heavy atom. The summed E-state index contributed by atoms with van der Waals surface area (Å²) in [6.45, 7) is 0.706. The topological polar surface area (TPSA) is 82.5 Å². The molecule has 30 heavy (non-hydrogen) atoms. The number of nitrogens with zero attached hydrogens (tertiary/aromatic N) is 2.